The van der Waals surface area contributed by atoms with Crippen molar-refractivity contribution in [3.8, 4) is 0 Å². The molecule has 3 atom stereocenters. The molecule has 0 aliphatic carbocycles. The van der Waals surface area contributed by atoms with Crippen molar-refractivity contribution in [2.75, 3.05) is 13.7 Å². The zero-order chi connectivity index (χ0) is 38.9. The third kappa shape index (κ3) is 8.87. The molecule has 0 aromatic heterocycles. The molecule has 54 heavy (non-hydrogen) atoms. The number of hydrogen-bond acceptors (Lipinski definition) is 8. The van der Waals surface area contributed by atoms with E-state index in [-0.39, 0.29) is 20.8 Å². The van der Waals surface area contributed by atoms with Gasteiger partial charge in [0.05, 0.1) is 21.3 Å². The molecule has 0 spiro atoms. The van der Waals surface area contributed by atoms with E-state index in [4.69, 9.17) is 23.7 Å². The quantitative estimate of drug-likeness (QED) is 0.0797. The summed E-state index contributed by atoms with van der Waals surface area (Å²) in [6.07, 6.45) is -0.826. The molecule has 9 nitrogen and oxygen atoms in total. The number of benzene rings is 5. The Balaban J connectivity index is 0.000000398. The first kappa shape index (κ1) is 40.6. The summed E-state index contributed by atoms with van der Waals surface area (Å²) in [5, 5.41) is 10.7. The average molecular weight is 861 g/mol. The smallest absolute Gasteiger partial charge is 0.341 e. The predicted octanol–water partition coefficient (Wildman–Crippen LogP) is 8.14. The first-order chi connectivity index (χ1) is 25.8. The summed E-state index contributed by atoms with van der Waals surface area (Å²) in [7, 11) is -1.31. The SMILES string of the molecule is COC1C[C@H](OC(=O)c2ccc(C)cc2)[C@](CO[Si](c2ccccc2)(c2ccccc2)C(C)(C)C)(c2ccccc2)O1.O=C(O)c1ccccc1I(=O)=O. The zero-order valence-corrected chi connectivity index (χ0v) is 34.1. The standard InChI is InChI=1S/C36H40O5Si.C7H5IO4/c1-27-21-23-28(24-22-27)34(37)40-32-25-33(38-5)41-36(32,29-15-9-6-10-16-29)26-39-42(35(2,3)4,30-17-11-7-12-18-30)31-19-13-8-14-20-31;9-7(10)5-3-1-2-4-6(5)8(11)12/h6-24,32-33H,25-26H2,1-5H3;1-4H,(H,9,10)/t32-,33?,36-;/m0./s1. The first-order valence-electron chi connectivity index (χ1n) is 17.5. The van der Waals surface area contributed by atoms with E-state index in [2.05, 4.69) is 69.3 Å². The van der Waals surface area contributed by atoms with Gasteiger partial charge in [0.25, 0.3) is 8.32 Å². The molecule has 1 aliphatic rings. The van der Waals surface area contributed by atoms with Crippen molar-refractivity contribution >= 4 is 50.4 Å². The molecule has 11 heteroatoms. The molecule has 1 heterocycles. The van der Waals surface area contributed by atoms with E-state index in [0.29, 0.717) is 12.0 Å². The van der Waals surface area contributed by atoms with Gasteiger partial charge in [0, 0.05) is 13.5 Å². The van der Waals surface area contributed by atoms with Crippen LogP contribution in [0.2, 0.25) is 5.04 Å². The minimum absolute atomic E-state index is 0.0609. The van der Waals surface area contributed by atoms with Crippen LogP contribution in [0.1, 0.15) is 59.0 Å². The second-order valence-corrected chi connectivity index (χ2v) is 20.7. The number of aromatic carboxylic acids is 1. The van der Waals surface area contributed by atoms with Gasteiger partial charge in [-0.15, -0.1) is 0 Å². The highest BCUT2D eigenvalue weighted by atomic mass is 127. The van der Waals surface area contributed by atoms with Gasteiger partial charge >= 0.3 is 31.7 Å². The van der Waals surface area contributed by atoms with Crippen LogP contribution >= 0.6 is 19.8 Å². The van der Waals surface area contributed by atoms with Crippen LogP contribution in [0, 0.1) is 10.5 Å². The second-order valence-electron chi connectivity index (χ2n) is 14.0. The van der Waals surface area contributed by atoms with Gasteiger partial charge in [-0.25, -0.2) is 15.7 Å². The van der Waals surface area contributed by atoms with Crippen molar-refractivity contribution < 1.29 is 39.5 Å². The lowest BCUT2D eigenvalue weighted by molar-refractivity contribution is -0.181. The molecule has 5 aromatic rings. The molecule has 6 rings (SSSR count). The minimum atomic E-state index is -3.67. The summed E-state index contributed by atoms with van der Waals surface area (Å²) in [5.74, 6) is -1.61. The monoisotopic (exact) mass is 860 g/mol. The highest BCUT2D eigenvalue weighted by molar-refractivity contribution is 14.2. The van der Waals surface area contributed by atoms with E-state index >= 15 is 0 Å². The van der Waals surface area contributed by atoms with Crippen molar-refractivity contribution in [1.82, 2.24) is 0 Å². The number of carbonyl (C=O) groups excluding carboxylic acids is 1. The molecule has 5 aromatic carbocycles. The molecule has 1 aliphatic heterocycles. The molecule has 0 amide bonds. The predicted molar refractivity (Wildman–Crippen MR) is 216 cm³/mol. The van der Waals surface area contributed by atoms with Crippen LogP contribution in [0.5, 0.6) is 0 Å². The molecule has 1 unspecified atom stereocenters. The number of carbonyl (C=O) groups is 2. The van der Waals surface area contributed by atoms with Crippen LogP contribution in [0.25, 0.3) is 0 Å². The van der Waals surface area contributed by atoms with Gasteiger partial charge in [-0.1, -0.05) is 142 Å². The van der Waals surface area contributed by atoms with Gasteiger partial charge < -0.3 is 23.7 Å². The molecule has 1 fully saturated rings. The lowest BCUT2D eigenvalue weighted by atomic mass is 9.89. The molecule has 0 bridgehead atoms. The number of halogens is 1. The normalized spacial score (nSPS) is 18.4. The Labute approximate surface area is 324 Å². The summed E-state index contributed by atoms with van der Waals surface area (Å²) in [4.78, 5) is 24.0. The first-order valence-corrected chi connectivity index (χ1v) is 22.2. The maximum atomic E-state index is 13.5. The topological polar surface area (TPSA) is 125 Å². The van der Waals surface area contributed by atoms with Crippen molar-refractivity contribution in [3.63, 3.8) is 0 Å². The third-order valence-corrected chi connectivity index (χ3v) is 16.4. The van der Waals surface area contributed by atoms with E-state index in [1.807, 2.05) is 61.5 Å². The number of rotatable bonds is 11. The molecular formula is C43H45IO9Si. The number of carboxylic acid groups (broad SMARTS) is 1. The Hall–Kier alpha value is -4.53. The van der Waals surface area contributed by atoms with Gasteiger partial charge in [-0.2, -0.15) is 0 Å². The summed E-state index contributed by atoms with van der Waals surface area (Å²) in [6, 6.07) is 44.0. The largest absolute Gasteiger partial charge is 0.478 e. The van der Waals surface area contributed by atoms with Crippen LogP contribution < -0.4 is 10.4 Å². The average Bonchev–Trinajstić information content (AvgIpc) is 3.54. The van der Waals surface area contributed by atoms with Gasteiger partial charge in [0.2, 0.25) is 0 Å². The molecule has 0 saturated carbocycles. The maximum absolute atomic E-state index is 13.5. The Morgan fingerprint density at radius 2 is 1.31 bits per heavy atom. The maximum Gasteiger partial charge on any atom is 0.341 e. The van der Waals surface area contributed by atoms with E-state index in [1.165, 1.54) is 34.6 Å². The minimum Gasteiger partial charge on any atom is -0.478 e. The van der Waals surface area contributed by atoms with Crippen LogP contribution in [0.15, 0.2) is 140 Å². The van der Waals surface area contributed by atoms with Crippen LogP contribution in [-0.4, -0.2) is 51.5 Å². The van der Waals surface area contributed by atoms with E-state index in [1.54, 1.807) is 19.2 Å². The Bertz CT molecular complexity index is 2040. The Morgan fingerprint density at radius 3 is 1.80 bits per heavy atom. The van der Waals surface area contributed by atoms with Crippen LogP contribution in [-0.2, 0) is 30.4 Å². The number of methoxy groups -OCH3 is 1. The van der Waals surface area contributed by atoms with E-state index in [9.17, 15) is 15.7 Å². The van der Waals surface area contributed by atoms with E-state index in [0.717, 1.165) is 11.1 Å². The molecule has 0 radical (unpaired) electrons. The van der Waals surface area contributed by atoms with Crippen LogP contribution in [0.4, 0.5) is 0 Å². The lowest BCUT2D eigenvalue weighted by Crippen LogP contribution is -2.67. The lowest BCUT2D eigenvalue weighted by Gasteiger charge is -2.45. The van der Waals surface area contributed by atoms with E-state index < -0.39 is 58.0 Å². The van der Waals surface area contributed by atoms with Gasteiger partial charge in [-0.3, -0.25) is 0 Å². The van der Waals surface area contributed by atoms with Crippen molar-refractivity contribution in [3.05, 3.63) is 165 Å². The van der Waals surface area contributed by atoms with Crippen molar-refractivity contribution in [2.45, 2.75) is 57.1 Å². The highest BCUT2D eigenvalue weighted by Crippen LogP contribution is 2.45. The fraction of sp³-hybridized carbons (Fsp3) is 0.256. The summed E-state index contributed by atoms with van der Waals surface area (Å²) >= 11 is -3.67. The van der Waals surface area contributed by atoms with Gasteiger partial charge in [-0.05, 0) is 52.2 Å². The number of ether oxygens (including phenoxy) is 3. The Morgan fingerprint density at radius 1 is 0.796 bits per heavy atom. The number of carboxylic acids is 1. The fourth-order valence-corrected chi connectivity index (χ4v) is 12.8. The summed E-state index contributed by atoms with van der Waals surface area (Å²) < 4.78 is 47.3. The molecule has 282 valence electrons. The summed E-state index contributed by atoms with van der Waals surface area (Å²) in [6.45, 7) is 8.91. The van der Waals surface area contributed by atoms with Crippen molar-refractivity contribution in [1.29, 1.82) is 0 Å². The van der Waals surface area contributed by atoms with Gasteiger partial charge in [0.15, 0.2) is 11.9 Å². The molecular weight excluding hydrogens is 815 g/mol. The number of hydrogen-bond donors (Lipinski definition) is 1. The molecule has 1 N–H and O–H groups in total. The fourth-order valence-electron chi connectivity index (χ4n) is 6.83. The Kier molecular flexibility index (Phi) is 13.4. The van der Waals surface area contributed by atoms with Crippen molar-refractivity contribution in [2.24, 2.45) is 0 Å². The molecule has 1 saturated heterocycles. The zero-order valence-electron chi connectivity index (χ0n) is 30.9. The van der Waals surface area contributed by atoms with Crippen LogP contribution in [0.3, 0.4) is 0 Å². The highest BCUT2D eigenvalue weighted by Gasteiger charge is 2.57. The second kappa shape index (κ2) is 17.7. The summed E-state index contributed by atoms with van der Waals surface area (Å²) in [5.41, 5.74) is 1.22. The van der Waals surface area contributed by atoms with Gasteiger partial charge in [0.1, 0.15) is 6.10 Å². The number of esters is 1. The number of aryl methyl sites for hydroxylation is 1. The third-order valence-electron chi connectivity index (χ3n) is 9.52.